The van der Waals surface area contributed by atoms with Gasteiger partial charge in [0.05, 0.1) is 6.54 Å². The molecule has 1 amide bonds. The van der Waals surface area contributed by atoms with E-state index in [9.17, 15) is 18.0 Å². The van der Waals surface area contributed by atoms with E-state index in [1.165, 1.54) is 0 Å². The van der Waals surface area contributed by atoms with Crippen LogP contribution in [-0.2, 0) is 17.5 Å². The minimum absolute atomic E-state index is 0.00476. The van der Waals surface area contributed by atoms with E-state index in [-0.39, 0.29) is 24.3 Å². The van der Waals surface area contributed by atoms with Crippen molar-refractivity contribution in [1.82, 2.24) is 20.4 Å². The molecule has 27 heavy (non-hydrogen) atoms. The molecule has 2 aromatic rings. The monoisotopic (exact) mass is 402 g/mol. The fourth-order valence-electron chi connectivity index (χ4n) is 2.95. The van der Waals surface area contributed by atoms with Gasteiger partial charge in [-0.05, 0) is 37.6 Å². The van der Waals surface area contributed by atoms with Gasteiger partial charge < -0.3 is 9.73 Å². The molecule has 0 radical (unpaired) electrons. The maximum Gasteiger partial charge on any atom is 0.470 e. The number of nitrogens with one attached hydrogen (secondary N) is 1. The number of aromatic nitrogens is 2. The zero-order valence-electron chi connectivity index (χ0n) is 14.3. The highest BCUT2D eigenvalue weighted by atomic mass is 35.5. The smallest absolute Gasteiger partial charge is 0.417 e. The van der Waals surface area contributed by atoms with Crippen LogP contribution in [0.2, 0.25) is 5.02 Å². The first-order valence-corrected chi connectivity index (χ1v) is 8.84. The molecule has 6 nitrogen and oxygen atoms in total. The summed E-state index contributed by atoms with van der Waals surface area (Å²) in [4.78, 5) is 14.0. The van der Waals surface area contributed by atoms with Crippen LogP contribution >= 0.6 is 11.6 Å². The Hall–Kier alpha value is -2.13. The number of amides is 1. The molecular weight excluding hydrogens is 385 g/mol. The van der Waals surface area contributed by atoms with Gasteiger partial charge in [-0.3, -0.25) is 9.69 Å². The molecule has 1 N–H and O–H groups in total. The van der Waals surface area contributed by atoms with Crippen molar-refractivity contribution in [1.29, 1.82) is 0 Å². The number of alkyl halides is 3. The average Bonchev–Trinajstić information content (AvgIpc) is 3.12. The van der Waals surface area contributed by atoms with Crippen molar-refractivity contribution in [2.75, 3.05) is 19.6 Å². The molecular formula is C17H18ClF3N4O2. The van der Waals surface area contributed by atoms with Gasteiger partial charge in [0.2, 0.25) is 11.8 Å². The van der Waals surface area contributed by atoms with Gasteiger partial charge in [-0.15, -0.1) is 10.2 Å². The molecule has 0 aliphatic carbocycles. The van der Waals surface area contributed by atoms with Gasteiger partial charge >= 0.3 is 12.1 Å². The summed E-state index contributed by atoms with van der Waals surface area (Å²) in [7, 11) is 0. The fourth-order valence-corrected chi connectivity index (χ4v) is 3.15. The number of likely N-dealkylation sites (tertiary alicyclic amines) is 1. The van der Waals surface area contributed by atoms with E-state index >= 15 is 0 Å². The van der Waals surface area contributed by atoms with Crippen molar-refractivity contribution in [3.05, 3.63) is 46.6 Å². The highest BCUT2D eigenvalue weighted by molar-refractivity contribution is 6.31. The Morgan fingerprint density at radius 2 is 1.96 bits per heavy atom. The third-order valence-electron chi connectivity index (χ3n) is 4.42. The Morgan fingerprint density at radius 3 is 2.59 bits per heavy atom. The molecule has 2 heterocycles. The van der Waals surface area contributed by atoms with Crippen LogP contribution in [0, 0.1) is 0 Å². The second kappa shape index (κ2) is 8.26. The molecule has 3 rings (SSSR count). The summed E-state index contributed by atoms with van der Waals surface area (Å²) in [6, 6.07) is 7.27. The minimum Gasteiger partial charge on any atom is -0.417 e. The summed E-state index contributed by atoms with van der Waals surface area (Å²) < 4.78 is 42.4. The summed E-state index contributed by atoms with van der Waals surface area (Å²) >= 11 is 6.05. The van der Waals surface area contributed by atoms with E-state index < -0.39 is 12.1 Å². The van der Waals surface area contributed by atoms with E-state index in [2.05, 4.69) is 15.5 Å². The lowest BCUT2D eigenvalue weighted by Crippen LogP contribution is -2.41. The number of carbonyl (C=O) groups excluding carboxylic acids is 1. The first-order valence-electron chi connectivity index (χ1n) is 8.46. The largest absolute Gasteiger partial charge is 0.470 e. The Bertz CT molecular complexity index is 788. The molecule has 10 heteroatoms. The van der Waals surface area contributed by atoms with Crippen LogP contribution in [0.25, 0.3) is 0 Å². The number of nitrogens with zero attached hydrogens (tertiary/aromatic N) is 3. The predicted molar refractivity (Wildman–Crippen MR) is 91.0 cm³/mol. The normalized spacial score (nSPS) is 16.4. The Labute approximate surface area is 158 Å². The number of carbonyl (C=O) groups is 1. The highest BCUT2D eigenvalue weighted by Crippen LogP contribution is 2.32. The van der Waals surface area contributed by atoms with Gasteiger partial charge in [0.1, 0.15) is 0 Å². The molecule has 1 saturated heterocycles. The van der Waals surface area contributed by atoms with E-state index in [0.29, 0.717) is 37.5 Å². The predicted octanol–water partition coefficient (Wildman–Crippen LogP) is 3.24. The van der Waals surface area contributed by atoms with Crippen LogP contribution in [0.3, 0.4) is 0 Å². The average molecular weight is 403 g/mol. The molecule has 1 aromatic carbocycles. The number of piperidine rings is 1. The van der Waals surface area contributed by atoms with Crippen molar-refractivity contribution < 1.29 is 22.4 Å². The summed E-state index contributed by atoms with van der Waals surface area (Å²) in [5, 5.41) is 9.99. The molecule has 0 bridgehead atoms. The van der Waals surface area contributed by atoms with Crippen molar-refractivity contribution >= 4 is 17.5 Å². The molecule has 1 aliphatic rings. The first kappa shape index (κ1) is 19.6. The second-order valence-electron chi connectivity index (χ2n) is 6.36. The van der Waals surface area contributed by atoms with E-state index in [0.717, 1.165) is 5.56 Å². The lowest BCUT2D eigenvalue weighted by atomic mass is 9.97. The zero-order chi connectivity index (χ0) is 19.4. The molecule has 0 atom stereocenters. The number of halogens is 4. The molecule has 0 spiro atoms. The van der Waals surface area contributed by atoms with Crippen molar-refractivity contribution in [3.8, 4) is 0 Å². The van der Waals surface area contributed by atoms with Gasteiger partial charge in [-0.1, -0.05) is 29.8 Å². The quantitative estimate of drug-likeness (QED) is 0.831. The molecule has 0 saturated carbocycles. The highest BCUT2D eigenvalue weighted by Gasteiger charge is 2.39. The lowest BCUT2D eigenvalue weighted by Gasteiger charge is -2.29. The van der Waals surface area contributed by atoms with E-state index in [4.69, 9.17) is 16.0 Å². The first-order chi connectivity index (χ1) is 12.8. The van der Waals surface area contributed by atoms with Crippen LogP contribution in [0.1, 0.15) is 36.1 Å². The molecule has 1 fully saturated rings. The van der Waals surface area contributed by atoms with Crippen molar-refractivity contribution in [2.24, 2.45) is 0 Å². The molecule has 1 aromatic heterocycles. The number of benzene rings is 1. The standard InChI is InChI=1S/C17H18ClF3N4O2/c18-13-4-2-1-3-12(13)9-22-14(26)10-25-7-5-11(6-8-25)15-23-24-16(27-15)17(19,20)21/h1-4,11H,5-10H2,(H,22,26). The third kappa shape index (κ3) is 5.20. The van der Waals surface area contributed by atoms with Crippen LogP contribution in [0.4, 0.5) is 13.2 Å². The van der Waals surface area contributed by atoms with Crippen LogP contribution in [-0.4, -0.2) is 40.6 Å². The maximum atomic E-state index is 12.5. The Kier molecular flexibility index (Phi) is 6.01. The molecule has 0 unspecified atom stereocenters. The van der Waals surface area contributed by atoms with Crippen molar-refractivity contribution in [2.45, 2.75) is 31.5 Å². The van der Waals surface area contributed by atoms with Gasteiger partial charge in [0.15, 0.2) is 0 Å². The van der Waals surface area contributed by atoms with Gasteiger partial charge in [0, 0.05) is 17.5 Å². The maximum absolute atomic E-state index is 12.5. The van der Waals surface area contributed by atoms with E-state index in [1.54, 1.807) is 6.07 Å². The fraction of sp³-hybridized carbons (Fsp3) is 0.471. The SMILES string of the molecule is O=C(CN1CCC(c2nnc(C(F)(F)F)o2)CC1)NCc1ccccc1Cl. The molecule has 1 aliphatic heterocycles. The van der Waals surface area contributed by atoms with Crippen LogP contribution in [0.5, 0.6) is 0 Å². The summed E-state index contributed by atoms with van der Waals surface area (Å²) in [6.07, 6.45) is -3.53. The number of rotatable bonds is 5. The second-order valence-corrected chi connectivity index (χ2v) is 6.77. The van der Waals surface area contributed by atoms with Gasteiger partial charge in [-0.2, -0.15) is 13.2 Å². The third-order valence-corrected chi connectivity index (χ3v) is 4.79. The summed E-state index contributed by atoms with van der Waals surface area (Å²) in [6.45, 7) is 1.69. The van der Waals surface area contributed by atoms with Gasteiger partial charge in [0.25, 0.3) is 0 Å². The van der Waals surface area contributed by atoms with E-state index in [1.807, 2.05) is 23.1 Å². The van der Waals surface area contributed by atoms with Crippen LogP contribution < -0.4 is 5.32 Å². The Balaban J connectivity index is 1.44. The summed E-state index contributed by atoms with van der Waals surface area (Å²) in [5.74, 6) is -1.68. The van der Waals surface area contributed by atoms with Crippen LogP contribution in [0.15, 0.2) is 28.7 Å². The topological polar surface area (TPSA) is 71.3 Å². The zero-order valence-corrected chi connectivity index (χ0v) is 15.1. The summed E-state index contributed by atoms with van der Waals surface area (Å²) in [5.41, 5.74) is 0.836. The molecule has 146 valence electrons. The minimum atomic E-state index is -4.63. The van der Waals surface area contributed by atoms with Gasteiger partial charge in [-0.25, -0.2) is 0 Å². The Morgan fingerprint density at radius 1 is 1.26 bits per heavy atom. The van der Waals surface area contributed by atoms with Crippen molar-refractivity contribution in [3.63, 3.8) is 0 Å². The number of hydrogen-bond donors (Lipinski definition) is 1. The lowest BCUT2D eigenvalue weighted by molar-refractivity contribution is -0.157. The number of hydrogen-bond acceptors (Lipinski definition) is 5.